The van der Waals surface area contributed by atoms with Crippen LogP contribution in [-0.4, -0.2) is 30.6 Å². The molecule has 1 aliphatic heterocycles. The summed E-state index contributed by atoms with van der Waals surface area (Å²) in [5.41, 5.74) is 2.91. The highest BCUT2D eigenvalue weighted by molar-refractivity contribution is 5.25. The molecule has 1 fully saturated rings. The summed E-state index contributed by atoms with van der Waals surface area (Å²) in [5, 5.41) is 3.62. The monoisotopic (exact) mass is 288 g/mol. The first-order chi connectivity index (χ1) is 10.1. The van der Waals surface area contributed by atoms with E-state index in [0.29, 0.717) is 12.1 Å². The van der Waals surface area contributed by atoms with Crippen molar-refractivity contribution in [3.8, 4) is 0 Å². The summed E-state index contributed by atoms with van der Waals surface area (Å²) in [4.78, 5) is 2.60. The Balaban J connectivity index is 1.97. The van der Waals surface area contributed by atoms with Crippen molar-refractivity contribution in [1.82, 2.24) is 10.2 Å². The molecule has 2 rings (SSSR count). The minimum Gasteiger partial charge on any atom is -0.313 e. The Bertz CT molecular complexity index is 404. The van der Waals surface area contributed by atoms with E-state index >= 15 is 0 Å². The van der Waals surface area contributed by atoms with Crippen LogP contribution in [0, 0.1) is 5.92 Å². The second-order valence-corrected chi connectivity index (χ2v) is 6.90. The van der Waals surface area contributed by atoms with Crippen molar-refractivity contribution in [3.05, 3.63) is 35.4 Å². The van der Waals surface area contributed by atoms with E-state index in [2.05, 4.69) is 62.2 Å². The van der Waals surface area contributed by atoms with Crippen molar-refractivity contribution < 1.29 is 0 Å². The zero-order chi connectivity index (χ0) is 15.2. The Kier molecular flexibility index (Phi) is 6.25. The van der Waals surface area contributed by atoms with Crippen LogP contribution in [0.1, 0.15) is 57.7 Å². The fraction of sp³-hybridized carbons (Fsp3) is 0.684. The van der Waals surface area contributed by atoms with Gasteiger partial charge in [0.1, 0.15) is 0 Å². The van der Waals surface area contributed by atoms with Gasteiger partial charge in [-0.05, 0) is 56.3 Å². The fourth-order valence-electron chi connectivity index (χ4n) is 3.37. The molecule has 2 unspecified atom stereocenters. The highest BCUT2D eigenvalue weighted by Crippen LogP contribution is 2.22. The summed E-state index contributed by atoms with van der Waals surface area (Å²) in [5.74, 6) is 0.730. The van der Waals surface area contributed by atoms with Gasteiger partial charge in [-0.15, -0.1) is 0 Å². The number of nitrogens with one attached hydrogen (secondary N) is 1. The van der Waals surface area contributed by atoms with Gasteiger partial charge >= 0.3 is 0 Å². The van der Waals surface area contributed by atoms with Crippen molar-refractivity contribution in [1.29, 1.82) is 0 Å². The van der Waals surface area contributed by atoms with Crippen LogP contribution in [0.4, 0.5) is 0 Å². The van der Waals surface area contributed by atoms with E-state index in [9.17, 15) is 0 Å². The third-order valence-electron chi connectivity index (χ3n) is 4.68. The molecule has 2 atom stereocenters. The van der Waals surface area contributed by atoms with Crippen LogP contribution in [0.3, 0.4) is 0 Å². The molecule has 1 aromatic rings. The minimum atomic E-state index is 0.505. The van der Waals surface area contributed by atoms with Crippen LogP contribution in [0.2, 0.25) is 0 Å². The molecule has 1 aromatic carbocycles. The van der Waals surface area contributed by atoms with E-state index in [0.717, 1.165) is 12.5 Å². The fourth-order valence-corrected chi connectivity index (χ4v) is 3.37. The average Bonchev–Trinajstić information content (AvgIpc) is 2.97. The van der Waals surface area contributed by atoms with E-state index < -0.39 is 0 Å². The predicted octanol–water partition coefficient (Wildman–Crippen LogP) is 4.02. The van der Waals surface area contributed by atoms with Gasteiger partial charge in [0.15, 0.2) is 0 Å². The maximum atomic E-state index is 3.62. The van der Waals surface area contributed by atoms with E-state index in [1.165, 1.54) is 43.5 Å². The molecule has 0 amide bonds. The molecule has 1 N–H and O–H groups in total. The molecule has 2 nitrogen and oxygen atoms in total. The maximum absolute atomic E-state index is 3.62. The molecule has 21 heavy (non-hydrogen) atoms. The van der Waals surface area contributed by atoms with Crippen molar-refractivity contribution in [2.75, 3.05) is 19.6 Å². The summed E-state index contributed by atoms with van der Waals surface area (Å²) in [7, 11) is 0. The number of rotatable bonds is 7. The molecular weight excluding hydrogens is 256 g/mol. The standard InChI is InChI=1S/C19H32N2/c1-5-21(14-19-7-6-12-20-19)16(4)18-10-8-17(9-11-18)13-15(2)3/h8-11,15-16,19-20H,5-7,12-14H2,1-4H3. The lowest BCUT2D eigenvalue weighted by atomic mass is 9.99. The maximum Gasteiger partial charge on any atom is 0.0320 e. The Labute approximate surface area is 130 Å². The second-order valence-electron chi connectivity index (χ2n) is 6.90. The van der Waals surface area contributed by atoms with E-state index in [4.69, 9.17) is 0 Å². The first-order valence-corrected chi connectivity index (χ1v) is 8.66. The van der Waals surface area contributed by atoms with Crippen LogP contribution in [-0.2, 0) is 6.42 Å². The molecule has 118 valence electrons. The smallest absolute Gasteiger partial charge is 0.0320 e. The number of nitrogens with zero attached hydrogens (tertiary/aromatic N) is 1. The first kappa shape index (κ1) is 16.5. The Hall–Kier alpha value is -0.860. The van der Waals surface area contributed by atoms with Gasteiger partial charge in [0, 0.05) is 18.6 Å². The van der Waals surface area contributed by atoms with Crippen molar-refractivity contribution in [2.45, 2.75) is 59.0 Å². The lowest BCUT2D eigenvalue weighted by molar-refractivity contribution is 0.202. The Morgan fingerprint density at radius 3 is 2.43 bits per heavy atom. The molecule has 2 heteroatoms. The van der Waals surface area contributed by atoms with Gasteiger partial charge in [-0.25, -0.2) is 0 Å². The molecule has 0 bridgehead atoms. The summed E-state index contributed by atoms with van der Waals surface area (Å²) < 4.78 is 0. The van der Waals surface area contributed by atoms with Gasteiger partial charge in [-0.1, -0.05) is 45.0 Å². The molecular formula is C19H32N2. The van der Waals surface area contributed by atoms with Crippen molar-refractivity contribution in [2.24, 2.45) is 5.92 Å². The molecule has 0 aliphatic carbocycles. The molecule has 1 aliphatic rings. The van der Waals surface area contributed by atoms with Gasteiger partial charge in [0.2, 0.25) is 0 Å². The van der Waals surface area contributed by atoms with Crippen molar-refractivity contribution in [3.63, 3.8) is 0 Å². The quantitative estimate of drug-likeness (QED) is 0.815. The normalized spacial score (nSPS) is 20.4. The molecule has 1 heterocycles. The van der Waals surface area contributed by atoms with Crippen LogP contribution in [0.25, 0.3) is 0 Å². The molecule has 1 saturated heterocycles. The SMILES string of the molecule is CCN(CC1CCCN1)C(C)c1ccc(CC(C)C)cc1. The lowest BCUT2D eigenvalue weighted by Gasteiger charge is -2.30. The third kappa shape index (κ3) is 4.82. The minimum absolute atomic E-state index is 0.505. The second kappa shape index (κ2) is 7.95. The summed E-state index contributed by atoms with van der Waals surface area (Å²) in [6.07, 6.45) is 3.84. The number of hydrogen-bond donors (Lipinski definition) is 1. The molecule has 0 spiro atoms. The van der Waals surface area contributed by atoms with Gasteiger partial charge in [0.05, 0.1) is 0 Å². The molecule has 0 aromatic heterocycles. The van der Waals surface area contributed by atoms with E-state index in [-0.39, 0.29) is 0 Å². The zero-order valence-corrected chi connectivity index (χ0v) is 14.2. The van der Waals surface area contributed by atoms with Crippen LogP contribution >= 0.6 is 0 Å². The predicted molar refractivity (Wildman–Crippen MR) is 91.7 cm³/mol. The summed E-state index contributed by atoms with van der Waals surface area (Å²) in [6.45, 7) is 12.7. The highest BCUT2D eigenvalue weighted by Gasteiger charge is 2.21. The summed E-state index contributed by atoms with van der Waals surface area (Å²) in [6, 6.07) is 10.5. The number of likely N-dealkylation sites (N-methyl/N-ethyl adjacent to an activating group) is 1. The van der Waals surface area contributed by atoms with E-state index in [1.54, 1.807) is 0 Å². The van der Waals surface area contributed by atoms with Gasteiger partial charge < -0.3 is 5.32 Å². The van der Waals surface area contributed by atoms with Crippen LogP contribution < -0.4 is 5.32 Å². The van der Waals surface area contributed by atoms with Crippen LogP contribution in [0.5, 0.6) is 0 Å². The number of benzene rings is 1. The largest absolute Gasteiger partial charge is 0.313 e. The summed E-state index contributed by atoms with van der Waals surface area (Å²) >= 11 is 0. The Morgan fingerprint density at radius 2 is 1.90 bits per heavy atom. The number of hydrogen-bond acceptors (Lipinski definition) is 2. The lowest BCUT2D eigenvalue weighted by Crippen LogP contribution is -2.38. The Morgan fingerprint density at radius 1 is 1.19 bits per heavy atom. The van der Waals surface area contributed by atoms with Gasteiger partial charge in [-0.3, -0.25) is 4.90 Å². The topological polar surface area (TPSA) is 15.3 Å². The molecule has 0 saturated carbocycles. The average molecular weight is 288 g/mol. The zero-order valence-electron chi connectivity index (χ0n) is 14.2. The highest BCUT2D eigenvalue weighted by atomic mass is 15.2. The van der Waals surface area contributed by atoms with Gasteiger partial charge in [-0.2, -0.15) is 0 Å². The van der Waals surface area contributed by atoms with Crippen molar-refractivity contribution >= 4 is 0 Å². The first-order valence-electron chi connectivity index (χ1n) is 8.66. The third-order valence-corrected chi connectivity index (χ3v) is 4.68. The van der Waals surface area contributed by atoms with Crippen LogP contribution in [0.15, 0.2) is 24.3 Å². The van der Waals surface area contributed by atoms with E-state index in [1.807, 2.05) is 0 Å². The van der Waals surface area contributed by atoms with Gasteiger partial charge in [0.25, 0.3) is 0 Å². The molecule has 0 radical (unpaired) electrons.